The molecule has 25 heavy (non-hydrogen) atoms. The van der Waals surface area contributed by atoms with E-state index in [1.165, 1.54) is 11.8 Å². The molecule has 0 saturated heterocycles. The van der Waals surface area contributed by atoms with Gasteiger partial charge in [0.1, 0.15) is 17.1 Å². The van der Waals surface area contributed by atoms with E-state index in [0.717, 1.165) is 28.1 Å². The van der Waals surface area contributed by atoms with Gasteiger partial charge in [0.15, 0.2) is 5.58 Å². The molecule has 0 saturated carbocycles. The molecule has 4 aromatic rings. The van der Waals surface area contributed by atoms with Gasteiger partial charge in [-0.15, -0.1) is 10.2 Å². The van der Waals surface area contributed by atoms with E-state index in [-0.39, 0.29) is 11.7 Å². The van der Waals surface area contributed by atoms with Crippen molar-refractivity contribution in [2.45, 2.75) is 11.9 Å². The van der Waals surface area contributed by atoms with Crippen molar-refractivity contribution in [1.82, 2.24) is 14.6 Å². The maximum atomic E-state index is 12.5. The normalized spacial score (nSPS) is 11.3. The molecule has 0 atom stereocenters. The van der Waals surface area contributed by atoms with Crippen LogP contribution in [0.4, 0.5) is 5.69 Å². The van der Waals surface area contributed by atoms with Crippen LogP contribution in [-0.4, -0.2) is 33.3 Å². The zero-order valence-electron chi connectivity index (χ0n) is 13.8. The van der Waals surface area contributed by atoms with E-state index < -0.39 is 0 Å². The summed E-state index contributed by atoms with van der Waals surface area (Å²) in [6, 6.07) is 13.5. The molecular formula is C18H16N4O2S. The van der Waals surface area contributed by atoms with Gasteiger partial charge in [0.25, 0.3) is 0 Å². The molecule has 0 fully saturated rings. The van der Waals surface area contributed by atoms with Gasteiger partial charge in [0.05, 0.1) is 16.8 Å². The molecule has 0 aliphatic heterocycles. The van der Waals surface area contributed by atoms with Crippen molar-refractivity contribution in [3.63, 3.8) is 0 Å². The van der Waals surface area contributed by atoms with Crippen LogP contribution in [0.1, 0.15) is 5.76 Å². The van der Waals surface area contributed by atoms with Gasteiger partial charge < -0.3 is 9.32 Å². The number of hydrogen-bond acceptors (Lipinski definition) is 5. The van der Waals surface area contributed by atoms with E-state index in [9.17, 15) is 4.79 Å². The number of rotatable bonds is 4. The van der Waals surface area contributed by atoms with E-state index in [4.69, 9.17) is 4.42 Å². The monoisotopic (exact) mass is 352 g/mol. The van der Waals surface area contributed by atoms with Gasteiger partial charge in [-0.1, -0.05) is 30.0 Å². The zero-order chi connectivity index (χ0) is 17.4. The Morgan fingerprint density at radius 2 is 2.04 bits per heavy atom. The Bertz CT molecular complexity index is 1060. The lowest BCUT2D eigenvalue weighted by Crippen LogP contribution is -2.27. The van der Waals surface area contributed by atoms with Crippen LogP contribution >= 0.6 is 11.8 Å². The third-order valence-electron chi connectivity index (χ3n) is 4.04. The molecular weight excluding hydrogens is 336 g/mol. The second-order valence-electron chi connectivity index (χ2n) is 5.72. The molecule has 0 N–H and O–H groups in total. The van der Waals surface area contributed by atoms with Gasteiger partial charge >= 0.3 is 0 Å². The molecule has 0 aliphatic carbocycles. The fraction of sp³-hybridized carbons (Fsp3) is 0.167. The SMILES string of the molecule is Cc1cc2c(cc3c(SCC(=O)N(C)c4ccccc4)nncn32)o1. The first-order valence-corrected chi connectivity index (χ1v) is 8.79. The van der Waals surface area contributed by atoms with Gasteiger partial charge in [0, 0.05) is 24.9 Å². The predicted octanol–water partition coefficient (Wildman–Crippen LogP) is 3.54. The number of hydrogen-bond donors (Lipinski definition) is 0. The highest BCUT2D eigenvalue weighted by molar-refractivity contribution is 8.00. The van der Waals surface area contributed by atoms with Crippen LogP contribution in [-0.2, 0) is 4.79 Å². The molecule has 0 bridgehead atoms. The fourth-order valence-corrected chi connectivity index (χ4v) is 3.59. The third-order valence-corrected chi connectivity index (χ3v) is 4.99. The highest BCUT2D eigenvalue weighted by Crippen LogP contribution is 2.29. The largest absolute Gasteiger partial charge is 0.460 e. The van der Waals surface area contributed by atoms with E-state index in [1.54, 1.807) is 18.3 Å². The van der Waals surface area contributed by atoms with Gasteiger partial charge in [-0.3, -0.25) is 9.20 Å². The molecule has 4 rings (SSSR count). The molecule has 1 aromatic carbocycles. The summed E-state index contributed by atoms with van der Waals surface area (Å²) in [5, 5.41) is 8.95. The maximum absolute atomic E-state index is 12.5. The van der Waals surface area contributed by atoms with Crippen LogP contribution < -0.4 is 4.90 Å². The second-order valence-corrected chi connectivity index (χ2v) is 6.68. The summed E-state index contributed by atoms with van der Waals surface area (Å²) < 4.78 is 7.61. The number of para-hydroxylation sites is 1. The fourth-order valence-electron chi connectivity index (χ4n) is 2.73. The summed E-state index contributed by atoms with van der Waals surface area (Å²) in [6.45, 7) is 1.91. The van der Waals surface area contributed by atoms with E-state index in [0.29, 0.717) is 5.03 Å². The average molecular weight is 352 g/mol. The predicted molar refractivity (Wildman–Crippen MR) is 98.1 cm³/mol. The Labute approximate surface area is 148 Å². The number of carbonyl (C=O) groups excluding carboxylic acids is 1. The molecule has 0 radical (unpaired) electrons. The molecule has 3 aromatic heterocycles. The number of aryl methyl sites for hydroxylation is 1. The topological polar surface area (TPSA) is 63.6 Å². The minimum Gasteiger partial charge on any atom is -0.460 e. The first-order valence-electron chi connectivity index (χ1n) is 7.81. The molecule has 0 spiro atoms. The minimum absolute atomic E-state index is 0.00564. The first kappa shape index (κ1) is 15.7. The number of benzene rings is 1. The number of carbonyl (C=O) groups is 1. The zero-order valence-corrected chi connectivity index (χ0v) is 14.7. The Balaban J connectivity index is 1.56. The highest BCUT2D eigenvalue weighted by Gasteiger charge is 2.16. The molecule has 126 valence electrons. The van der Waals surface area contributed by atoms with Crippen molar-refractivity contribution in [2.24, 2.45) is 0 Å². The van der Waals surface area contributed by atoms with Crippen LogP contribution in [0.5, 0.6) is 0 Å². The summed E-state index contributed by atoms with van der Waals surface area (Å²) in [5.41, 5.74) is 3.51. The van der Waals surface area contributed by atoms with Crippen molar-refractivity contribution in [1.29, 1.82) is 0 Å². The first-order chi connectivity index (χ1) is 12.1. The van der Waals surface area contributed by atoms with Crippen LogP contribution in [0.3, 0.4) is 0 Å². The number of furan rings is 1. The van der Waals surface area contributed by atoms with E-state index in [2.05, 4.69) is 10.2 Å². The van der Waals surface area contributed by atoms with Crippen molar-refractivity contribution in [3.8, 4) is 0 Å². The number of aromatic nitrogens is 3. The Morgan fingerprint density at radius 3 is 2.84 bits per heavy atom. The Morgan fingerprint density at radius 1 is 1.24 bits per heavy atom. The standard InChI is InChI=1S/C18H16N4O2S/c1-12-8-14-16(24-12)9-15-18(20-19-11-22(14)15)25-10-17(23)21(2)13-6-4-3-5-7-13/h3-9,11H,10H2,1-2H3. The summed E-state index contributed by atoms with van der Waals surface area (Å²) >= 11 is 1.38. The number of nitrogens with zero attached hydrogens (tertiary/aromatic N) is 4. The molecule has 3 heterocycles. The molecule has 6 nitrogen and oxygen atoms in total. The lowest BCUT2D eigenvalue weighted by molar-refractivity contribution is -0.115. The smallest absolute Gasteiger partial charge is 0.237 e. The molecule has 1 amide bonds. The van der Waals surface area contributed by atoms with Crippen molar-refractivity contribution < 1.29 is 9.21 Å². The molecule has 0 unspecified atom stereocenters. The van der Waals surface area contributed by atoms with Crippen molar-refractivity contribution in [3.05, 3.63) is 54.6 Å². The lowest BCUT2D eigenvalue weighted by Gasteiger charge is -2.16. The van der Waals surface area contributed by atoms with Gasteiger partial charge in [-0.05, 0) is 19.1 Å². The number of amides is 1. The van der Waals surface area contributed by atoms with Gasteiger partial charge in [-0.2, -0.15) is 0 Å². The maximum Gasteiger partial charge on any atom is 0.237 e. The summed E-state index contributed by atoms with van der Waals surface area (Å²) in [5.74, 6) is 1.14. The van der Waals surface area contributed by atoms with E-state index in [1.807, 2.05) is 53.8 Å². The lowest BCUT2D eigenvalue weighted by atomic mass is 10.3. The van der Waals surface area contributed by atoms with Crippen LogP contribution in [0.2, 0.25) is 0 Å². The summed E-state index contributed by atoms with van der Waals surface area (Å²) in [6.07, 6.45) is 1.66. The van der Waals surface area contributed by atoms with Crippen molar-refractivity contribution >= 4 is 40.0 Å². The van der Waals surface area contributed by atoms with E-state index >= 15 is 0 Å². The van der Waals surface area contributed by atoms with Crippen LogP contribution in [0, 0.1) is 6.92 Å². The third kappa shape index (κ3) is 2.87. The van der Waals surface area contributed by atoms with Crippen molar-refractivity contribution in [2.75, 3.05) is 17.7 Å². The second kappa shape index (κ2) is 6.25. The number of fused-ring (bicyclic) bond motifs is 3. The van der Waals surface area contributed by atoms with Crippen LogP contribution in [0.25, 0.3) is 16.6 Å². The molecule has 0 aliphatic rings. The number of anilines is 1. The quantitative estimate of drug-likeness (QED) is 0.526. The molecule has 7 heteroatoms. The summed E-state index contributed by atoms with van der Waals surface area (Å²) in [7, 11) is 1.78. The Kier molecular flexibility index (Phi) is 3.93. The van der Waals surface area contributed by atoms with Gasteiger partial charge in [-0.25, -0.2) is 0 Å². The number of thioether (sulfide) groups is 1. The van der Waals surface area contributed by atoms with Gasteiger partial charge in [0.2, 0.25) is 5.91 Å². The average Bonchev–Trinajstić information content (AvgIpc) is 3.16. The van der Waals surface area contributed by atoms with Crippen LogP contribution in [0.15, 0.2) is 58.2 Å². The minimum atomic E-state index is 0.00564. The summed E-state index contributed by atoms with van der Waals surface area (Å²) in [4.78, 5) is 14.1. The highest BCUT2D eigenvalue weighted by atomic mass is 32.2. The Hall–Kier alpha value is -2.80.